The molecule has 1 aliphatic heterocycles. The molecule has 2 aromatic rings. The molecule has 0 saturated carbocycles. The molecule has 1 saturated heterocycles. The molecule has 0 aromatic heterocycles. The normalized spacial score (nSPS) is 17.6. The van der Waals surface area contributed by atoms with Crippen LogP contribution in [0.25, 0.3) is 0 Å². The summed E-state index contributed by atoms with van der Waals surface area (Å²) in [6.45, 7) is 2.47. The van der Waals surface area contributed by atoms with Crippen molar-refractivity contribution in [2.45, 2.75) is 24.7 Å². The number of rotatable bonds is 6. The summed E-state index contributed by atoms with van der Waals surface area (Å²) in [7, 11) is -0.599. The maximum absolute atomic E-state index is 13.0. The van der Waals surface area contributed by atoms with Gasteiger partial charge in [0.1, 0.15) is 11.5 Å². The molecule has 1 fully saturated rings. The van der Waals surface area contributed by atoms with E-state index in [4.69, 9.17) is 9.47 Å². The summed E-state index contributed by atoms with van der Waals surface area (Å²) in [5.41, 5.74) is 1.58. The molecule has 2 aromatic carbocycles. The zero-order valence-corrected chi connectivity index (χ0v) is 17.7. The fraction of sp³-hybridized carbons (Fsp3) is 0.381. The molecule has 0 bridgehead atoms. The maximum atomic E-state index is 13.0. The monoisotopic (exact) mass is 418 g/mol. The lowest BCUT2D eigenvalue weighted by atomic mass is 9.98. The molecule has 3 rings (SSSR count). The van der Waals surface area contributed by atoms with Crippen molar-refractivity contribution in [3.05, 3.63) is 48.0 Å². The highest BCUT2D eigenvalue weighted by molar-refractivity contribution is 7.89. The summed E-state index contributed by atoms with van der Waals surface area (Å²) in [5.74, 6) is 0.528. The number of amides is 1. The Kier molecular flexibility index (Phi) is 6.44. The van der Waals surface area contributed by atoms with E-state index in [1.165, 1.54) is 23.5 Å². The predicted molar refractivity (Wildman–Crippen MR) is 111 cm³/mol. The van der Waals surface area contributed by atoms with Crippen LogP contribution in [0.2, 0.25) is 0 Å². The average Bonchev–Trinajstić information content (AvgIpc) is 2.74. The molecule has 1 aliphatic rings. The van der Waals surface area contributed by atoms with Crippen molar-refractivity contribution in [2.24, 2.45) is 5.92 Å². The van der Waals surface area contributed by atoms with E-state index in [0.717, 1.165) is 5.56 Å². The number of nitrogens with one attached hydrogen (secondary N) is 1. The van der Waals surface area contributed by atoms with Crippen LogP contribution >= 0.6 is 0 Å². The van der Waals surface area contributed by atoms with Gasteiger partial charge in [0.25, 0.3) is 0 Å². The van der Waals surface area contributed by atoms with Crippen LogP contribution in [0.15, 0.2) is 47.4 Å². The topological polar surface area (TPSA) is 84.9 Å². The molecule has 0 aliphatic carbocycles. The van der Waals surface area contributed by atoms with Crippen molar-refractivity contribution in [3.8, 4) is 11.5 Å². The molecule has 0 radical (unpaired) electrons. The lowest BCUT2D eigenvalue weighted by molar-refractivity contribution is -0.120. The SMILES string of the molecule is COc1ccc(S(=O)(=O)N2CCC[C@H](C(=O)Nc3cc(C)ccc3OC)C2)cc1. The van der Waals surface area contributed by atoms with E-state index < -0.39 is 15.9 Å². The van der Waals surface area contributed by atoms with Crippen molar-refractivity contribution >= 4 is 21.6 Å². The first-order valence-corrected chi connectivity index (χ1v) is 10.9. The summed E-state index contributed by atoms with van der Waals surface area (Å²) in [6, 6.07) is 11.8. The third-order valence-corrected chi connectivity index (χ3v) is 6.94. The summed E-state index contributed by atoms with van der Waals surface area (Å²) < 4.78 is 37.8. The first-order valence-electron chi connectivity index (χ1n) is 9.45. The van der Waals surface area contributed by atoms with Crippen molar-refractivity contribution in [3.63, 3.8) is 0 Å². The van der Waals surface area contributed by atoms with Gasteiger partial charge in [0.15, 0.2) is 0 Å². The number of ether oxygens (including phenoxy) is 2. The van der Waals surface area contributed by atoms with Gasteiger partial charge >= 0.3 is 0 Å². The third kappa shape index (κ3) is 4.71. The van der Waals surface area contributed by atoms with Crippen molar-refractivity contribution < 1.29 is 22.7 Å². The lowest BCUT2D eigenvalue weighted by Gasteiger charge is -2.31. The Morgan fingerprint density at radius 3 is 2.48 bits per heavy atom. The molecule has 8 heteroatoms. The van der Waals surface area contributed by atoms with Crippen LogP contribution in [0.5, 0.6) is 11.5 Å². The molecule has 156 valence electrons. The van der Waals surface area contributed by atoms with E-state index >= 15 is 0 Å². The molecular weight excluding hydrogens is 392 g/mol. The Labute approximate surface area is 171 Å². The van der Waals surface area contributed by atoms with Gasteiger partial charge in [-0.05, 0) is 61.7 Å². The second kappa shape index (κ2) is 8.84. The van der Waals surface area contributed by atoms with E-state index in [2.05, 4.69) is 5.32 Å². The summed E-state index contributed by atoms with van der Waals surface area (Å²) >= 11 is 0. The minimum atomic E-state index is -3.67. The van der Waals surface area contributed by atoms with E-state index in [0.29, 0.717) is 36.6 Å². The largest absolute Gasteiger partial charge is 0.497 e. The first kappa shape index (κ1) is 21.1. The quantitative estimate of drug-likeness (QED) is 0.779. The lowest BCUT2D eigenvalue weighted by Crippen LogP contribution is -2.43. The van der Waals surface area contributed by atoms with Gasteiger partial charge < -0.3 is 14.8 Å². The zero-order chi connectivity index (χ0) is 21.0. The molecule has 1 heterocycles. The molecule has 0 spiro atoms. The average molecular weight is 419 g/mol. The van der Waals surface area contributed by atoms with E-state index in [-0.39, 0.29) is 17.3 Å². The minimum absolute atomic E-state index is 0.147. The number of anilines is 1. The highest BCUT2D eigenvalue weighted by atomic mass is 32.2. The summed E-state index contributed by atoms with van der Waals surface area (Å²) in [6.07, 6.45) is 1.26. The van der Waals surface area contributed by atoms with Crippen LogP contribution < -0.4 is 14.8 Å². The third-order valence-electron chi connectivity index (χ3n) is 5.06. The molecule has 0 unspecified atom stereocenters. The van der Waals surface area contributed by atoms with Gasteiger partial charge in [-0.25, -0.2) is 8.42 Å². The molecule has 7 nitrogen and oxygen atoms in total. The number of benzene rings is 2. The Morgan fingerprint density at radius 2 is 1.83 bits per heavy atom. The number of carbonyl (C=O) groups is 1. The number of aryl methyl sites for hydroxylation is 1. The molecule has 1 atom stereocenters. The Morgan fingerprint density at radius 1 is 1.10 bits per heavy atom. The van der Waals surface area contributed by atoms with Gasteiger partial charge in [-0.15, -0.1) is 0 Å². The Hall–Kier alpha value is -2.58. The second-order valence-electron chi connectivity index (χ2n) is 7.07. The van der Waals surface area contributed by atoms with Crippen LogP contribution in [0.1, 0.15) is 18.4 Å². The van der Waals surface area contributed by atoms with Gasteiger partial charge in [0, 0.05) is 13.1 Å². The van der Waals surface area contributed by atoms with Crippen LogP contribution in [-0.2, 0) is 14.8 Å². The maximum Gasteiger partial charge on any atom is 0.243 e. The van der Waals surface area contributed by atoms with Crippen LogP contribution in [0, 0.1) is 12.8 Å². The highest BCUT2D eigenvalue weighted by Crippen LogP contribution is 2.29. The number of carbonyl (C=O) groups excluding carboxylic acids is 1. The van der Waals surface area contributed by atoms with E-state index in [9.17, 15) is 13.2 Å². The smallest absolute Gasteiger partial charge is 0.243 e. The van der Waals surface area contributed by atoms with Crippen LogP contribution in [-0.4, -0.2) is 45.9 Å². The number of sulfonamides is 1. The van der Waals surface area contributed by atoms with Gasteiger partial charge in [-0.3, -0.25) is 4.79 Å². The predicted octanol–water partition coefficient (Wildman–Crippen LogP) is 3.05. The minimum Gasteiger partial charge on any atom is -0.497 e. The Balaban J connectivity index is 1.74. The number of nitrogens with zero attached hydrogens (tertiary/aromatic N) is 1. The summed E-state index contributed by atoms with van der Waals surface area (Å²) in [4.78, 5) is 13.0. The number of methoxy groups -OCH3 is 2. The van der Waals surface area contributed by atoms with Crippen LogP contribution in [0.3, 0.4) is 0 Å². The fourth-order valence-corrected chi connectivity index (χ4v) is 4.95. The van der Waals surface area contributed by atoms with Gasteiger partial charge in [-0.1, -0.05) is 6.07 Å². The molecule has 1 amide bonds. The van der Waals surface area contributed by atoms with Gasteiger partial charge in [0.05, 0.1) is 30.7 Å². The number of hydrogen-bond donors (Lipinski definition) is 1. The fourth-order valence-electron chi connectivity index (χ4n) is 3.43. The number of piperidine rings is 1. The zero-order valence-electron chi connectivity index (χ0n) is 16.8. The number of hydrogen-bond acceptors (Lipinski definition) is 5. The summed E-state index contributed by atoms with van der Waals surface area (Å²) in [5, 5.41) is 2.90. The molecule has 1 N–H and O–H groups in total. The Bertz CT molecular complexity index is 973. The molecular formula is C21H26N2O5S. The van der Waals surface area contributed by atoms with E-state index in [1.807, 2.05) is 19.1 Å². The highest BCUT2D eigenvalue weighted by Gasteiger charge is 2.33. The van der Waals surface area contributed by atoms with Gasteiger partial charge in [-0.2, -0.15) is 4.31 Å². The van der Waals surface area contributed by atoms with Crippen LogP contribution in [0.4, 0.5) is 5.69 Å². The van der Waals surface area contributed by atoms with E-state index in [1.54, 1.807) is 25.3 Å². The van der Waals surface area contributed by atoms with Crippen molar-refractivity contribution in [1.82, 2.24) is 4.31 Å². The van der Waals surface area contributed by atoms with Crippen molar-refractivity contribution in [1.29, 1.82) is 0 Å². The standard InChI is InChI=1S/C21H26N2O5S/c1-15-6-11-20(28-3)19(13-15)22-21(24)16-5-4-12-23(14-16)29(25,26)18-9-7-17(27-2)8-10-18/h6-11,13,16H,4-5,12,14H2,1-3H3,(H,22,24)/t16-/m0/s1. The molecule has 29 heavy (non-hydrogen) atoms. The first-order chi connectivity index (χ1) is 13.8. The van der Waals surface area contributed by atoms with Crippen molar-refractivity contribution in [2.75, 3.05) is 32.6 Å². The second-order valence-corrected chi connectivity index (χ2v) is 9.01. The van der Waals surface area contributed by atoms with Gasteiger partial charge in [0.2, 0.25) is 15.9 Å².